The van der Waals surface area contributed by atoms with Crippen molar-refractivity contribution in [1.29, 1.82) is 0 Å². The molecule has 0 radical (unpaired) electrons. The fraction of sp³-hybridized carbons (Fsp3) is 0.188. The van der Waals surface area contributed by atoms with Crippen molar-refractivity contribution < 1.29 is 22.7 Å². The van der Waals surface area contributed by atoms with Crippen LogP contribution in [-0.4, -0.2) is 26.0 Å². The minimum Gasteiger partial charge on any atom is -0.481 e. The van der Waals surface area contributed by atoms with Gasteiger partial charge in [-0.15, -0.1) is 0 Å². The van der Waals surface area contributed by atoms with E-state index in [0.717, 1.165) is 10.4 Å². The summed E-state index contributed by atoms with van der Waals surface area (Å²) in [4.78, 5) is 10.5. The van der Waals surface area contributed by atoms with Gasteiger partial charge in [0.1, 0.15) is 10.7 Å². The highest BCUT2D eigenvalue weighted by Crippen LogP contribution is 2.31. The third-order valence-electron chi connectivity index (χ3n) is 3.31. The zero-order valence-corrected chi connectivity index (χ0v) is 15.2. The number of sulfonamides is 1. The van der Waals surface area contributed by atoms with E-state index in [1.807, 2.05) is 0 Å². The summed E-state index contributed by atoms with van der Waals surface area (Å²) in [6.45, 7) is -0.152. The first kappa shape index (κ1) is 19.5. The summed E-state index contributed by atoms with van der Waals surface area (Å²) in [6.07, 6.45) is -0.187. The van der Waals surface area contributed by atoms with Gasteiger partial charge in [0, 0.05) is 18.0 Å². The molecular weight excluding hydrogens is 392 g/mol. The number of carbonyl (C=O) groups is 1. The zero-order valence-electron chi connectivity index (χ0n) is 12.8. The molecule has 0 aromatic heterocycles. The highest BCUT2D eigenvalue weighted by Gasteiger charge is 2.27. The quantitative estimate of drug-likeness (QED) is 0.748. The minimum atomic E-state index is -4.16. The Morgan fingerprint density at radius 1 is 1.16 bits per heavy atom. The van der Waals surface area contributed by atoms with Crippen LogP contribution in [0.15, 0.2) is 47.4 Å². The molecular formula is C16H14Cl2FNO4S. The zero-order chi connectivity index (χ0) is 18.6. The van der Waals surface area contributed by atoms with Crippen molar-refractivity contribution in [2.24, 2.45) is 0 Å². The number of hydrogen-bond acceptors (Lipinski definition) is 3. The van der Waals surface area contributed by atoms with Gasteiger partial charge in [0.15, 0.2) is 0 Å². The second kappa shape index (κ2) is 8.03. The Bertz CT molecular complexity index is 889. The molecule has 9 heteroatoms. The Hall–Kier alpha value is -1.83. The molecule has 0 saturated carbocycles. The molecule has 1 N–H and O–H groups in total. The summed E-state index contributed by atoms with van der Waals surface area (Å²) in [5.41, 5.74) is 0.0708. The summed E-state index contributed by atoms with van der Waals surface area (Å²) in [6, 6.07) is 9.00. The highest BCUT2D eigenvalue weighted by atomic mass is 35.5. The van der Waals surface area contributed by atoms with Crippen molar-refractivity contribution in [1.82, 2.24) is 0 Å². The van der Waals surface area contributed by atoms with Crippen LogP contribution in [0.1, 0.15) is 12.8 Å². The molecule has 0 saturated heterocycles. The first-order chi connectivity index (χ1) is 11.7. The van der Waals surface area contributed by atoms with E-state index in [-0.39, 0.29) is 40.0 Å². The molecule has 0 heterocycles. The van der Waals surface area contributed by atoms with Crippen LogP contribution in [0, 0.1) is 5.82 Å². The summed E-state index contributed by atoms with van der Waals surface area (Å²) in [5, 5.41) is 8.91. The van der Waals surface area contributed by atoms with E-state index in [1.165, 1.54) is 36.4 Å². The van der Waals surface area contributed by atoms with Gasteiger partial charge >= 0.3 is 5.97 Å². The SMILES string of the molecule is O=C(O)CCCN(c1cccc(F)c1)S(=O)(=O)c1cc(Cl)ccc1Cl. The lowest BCUT2D eigenvalue weighted by Gasteiger charge is -2.25. The number of nitrogens with zero attached hydrogens (tertiary/aromatic N) is 1. The third-order valence-corrected chi connectivity index (χ3v) is 5.85. The van der Waals surface area contributed by atoms with Crippen molar-refractivity contribution in [2.45, 2.75) is 17.7 Å². The van der Waals surface area contributed by atoms with Crippen molar-refractivity contribution in [3.8, 4) is 0 Å². The summed E-state index contributed by atoms with van der Waals surface area (Å²) < 4.78 is 40.5. The monoisotopic (exact) mass is 405 g/mol. The van der Waals surface area contributed by atoms with Gasteiger partial charge in [0.2, 0.25) is 0 Å². The van der Waals surface area contributed by atoms with Gasteiger partial charge in [-0.25, -0.2) is 12.8 Å². The van der Waals surface area contributed by atoms with Gasteiger partial charge in [-0.05, 0) is 42.8 Å². The predicted molar refractivity (Wildman–Crippen MR) is 94.3 cm³/mol. The average Bonchev–Trinajstić information content (AvgIpc) is 2.53. The number of halogens is 3. The van der Waals surface area contributed by atoms with E-state index in [9.17, 15) is 17.6 Å². The van der Waals surface area contributed by atoms with Gasteiger partial charge in [-0.1, -0.05) is 29.3 Å². The first-order valence-electron chi connectivity index (χ1n) is 7.17. The molecule has 0 aliphatic carbocycles. The maximum Gasteiger partial charge on any atom is 0.303 e. The van der Waals surface area contributed by atoms with Gasteiger partial charge in [0.05, 0.1) is 10.7 Å². The molecule has 0 spiro atoms. The Labute approximate surface area is 154 Å². The Kier molecular flexibility index (Phi) is 6.26. The molecule has 0 amide bonds. The van der Waals surface area contributed by atoms with E-state index < -0.39 is 21.8 Å². The molecule has 25 heavy (non-hydrogen) atoms. The Balaban J connectivity index is 2.49. The number of carboxylic acids is 1. The van der Waals surface area contributed by atoms with Crippen molar-refractivity contribution in [3.63, 3.8) is 0 Å². The Morgan fingerprint density at radius 2 is 1.88 bits per heavy atom. The largest absolute Gasteiger partial charge is 0.481 e. The fourth-order valence-corrected chi connectivity index (χ4v) is 4.42. The second-order valence-electron chi connectivity index (χ2n) is 5.13. The molecule has 5 nitrogen and oxygen atoms in total. The fourth-order valence-electron chi connectivity index (χ4n) is 2.19. The second-order valence-corrected chi connectivity index (χ2v) is 7.80. The summed E-state index contributed by atoms with van der Waals surface area (Å²) >= 11 is 11.9. The van der Waals surface area contributed by atoms with E-state index in [4.69, 9.17) is 28.3 Å². The molecule has 0 aliphatic heterocycles. The summed E-state index contributed by atoms with van der Waals surface area (Å²) in [5.74, 6) is -1.68. The van der Waals surface area contributed by atoms with Gasteiger partial charge in [0.25, 0.3) is 10.0 Å². The van der Waals surface area contributed by atoms with Crippen LogP contribution in [0.2, 0.25) is 10.0 Å². The van der Waals surface area contributed by atoms with Crippen LogP contribution in [0.5, 0.6) is 0 Å². The normalized spacial score (nSPS) is 11.3. The van der Waals surface area contributed by atoms with Gasteiger partial charge < -0.3 is 5.11 Å². The molecule has 2 aromatic carbocycles. The minimum absolute atomic E-state index is 0.0379. The number of benzene rings is 2. The predicted octanol–water partition coefficient (Wildman–Crippen LogP) is 4.19. The lowest BCUT2D eigenvalue weighted by atomic mass is 10.3. The molecule has 0 atom stereocenters. The smallest absolute Gasteiger partial charge is 0.303 e. The summed E-state index contributed by atoms with van der Waals surface area (Å²) in [7, 11) is -4.16. The number of hydrogen-bond donors (Lipinski definition) is 1. The van der Waals surface area contributed by atoms with Crippen molar-refractivity contribution >= 4 is 44.9 Å². The lowest BCUT2D eigenvalue weighted by molar-refractivity contribution is -0.137. The molecule has 0 bridgehead atoms. The van der Waals surface area contributed by atoms with Crippen LogP contribution in [-0.2, 0) is 14.8 Å². The van der Waals surface area contributed by atoms with E-state index >= 15 is 0 Å². The van der Waals surface area contributed by atoms with E-state index in [0.29, 0.717) is 0 Å². The topological polar surface area (TPSA) is 74.7 Å². The number of rotatable bonds is 7. The van der Waals surface area contributed by atoms with Crippen LogP contribution >= 0.6 is 23.2 Å². The van der Waals surface area contributed by atoms with E-state index in [2.05, 4.69) is 0 Å². The molecule has 2 rings (SSSR count). The van der Waals surface area contributed by atoms with Crippen molar-refractivity contribution in [3.05, 3.63) is 58.3 Å². The number of carboxylic acid groups (broad SMARTS) is 1. The van der Waals surface area contributed by atoms with Gasteiger partial charge in [-0.2, -0.15) is 0 Å². The standard InChI is InChI=1S/C16H14Cl2FNO4S/c17-11-6-7-14(18)15(9-11)25(23,24)20(8-2-5-16(21)22)13-4-1-3-12(19)10-13/h1,3-4,6-7,9-10H,2,5,8H2,(H,21,22). The first-order valence-corrected chi connectivity index (χ1v) is 9.36. The molecule has 0 fully saturated rings. The van der Waals surface area contributed by atoms with Crippen LogP contribution in [0.25, 0.3) is 0 Å². The van der Waals surface area contributed by atoms with Crippen molar-refractivity contribution in [2.75, 3.05) is 10.8 Å². The lowest BCUT2D eigenvalue weighted by Crippen LogP contribution is -2.32. The number of aliphatic carboxylic acids is 1. The molecule has 0 aliphatic rings. The van der Waals surface area contributed by atoms with Crippen LogP contribution in [0.4, 0.5) is 10.1 Å². The highest BCUT2D eigenvalue weighted by molar-refractivity contribution is 7.93. The maximum atomic E-state index is 13.5. The van der Waals surface area contributed by atoms with E-state index in [1.54, 1.807) is 0 Å². The van der Waals surface area contributed by atoms with Crippen LogP contribution in [0.3, 0.4) is 0 Å². The average molecular weight is 406 g/mol. The third kappa shape index (κ3) is 4.84. The maximum absolute atomic E-state index is 13.5. The van der Waals surface area contributed by atoms with Gasteiger partial charge in [-0.3, -0.25) is 9.10 Å². The molecule has 2 aromatic rings. The van der Waals surface area contributed by atoms with Crippen LogP contribution < -0.4 is 4.31 Å². The number of anilines is 1. The molecule has 134 valence electrons. The molecule has 0 unspecified atom stereocenters. The Morgan fingerprint density at radius 3 is 2.52 bits per heavy atom.